The zero-order valence-electron chi connectivity index (χ0n) is 7.14. The summed E-state index contributed by atoms with van der Waals surface area (Å²) in [6, 6.07) is 0. The van der Waals surface area contributed by atoms with Gasteiger partial charge in [-0.1, -0.05) is 0 Å². The van der Waals surface area contributed by atoms with Gasteiger partial charge >= 0.3 is 5.97 Å². The predicted molar refractivity (Wildman–Crippen MR) is 40.1 cm³/mol. The Bertz CT molecular complexity index is 157. The normalized spacial score (nSPS) is 11.8. The van der Waals surface area contributed by atoms with E-state index >= 15 is 0 Å². The zero-order valence-corrected chi connectivity index (χ0v) is 7.14. The Morgan fingerprint density at radius 3 is 2.17 bits per heavy atom. The zero-order chi connectivity index (χ0) is 9.78. The smallest absolute Gasteiger partial charge is 0.331 e. The minimum Gasteiger partial charge on any atom is -0.461 e. The standard InChI is InChI=1S/C7H13F2NO2/c1-5(2)12-6(11)7(10,3-8)4-9/h5H,3-4,10H2,1-2H3. The van der Waals surface area contributed by atoms with Crippen molar-refractivity contribution < 1.29 is 18.3 Å². The van der Waals surface area contributed by atoms with Crippen LogP contribution in [0.15, 0.2) is 0 Å². The number of carbonyl (C=O) groups excluding carboxylic acids is 1. The van der Waals surface area contributed by atoms with Gasteiger partial charge in [0, 0.05) is 0 Å². The van der Waals surface area contributed by atoms with Gasteiger partial charge in [-0.25, -0.2) is 13.6 Å². The number of alkyl halides is 2. The highest BCUT2D eigenvalue weighted by Crippen LogP contribution is 2.07. The summed E-state index contributed by atoms with van der Waals surface area (Å²) in [5.74, 6) is -1.04. The molecule has 0 aromatic heterocycles. The first kappa shape index (κ1) is 11.3. The second-order valence-electron chi connectivity index (χ2n) is 2.88. The van der Waals surface area contributed by atoms with Crippen LogP contribution < -0.4 is 5.73 Å². The van der Waals surface area contributed by atoms with Gasteiger partial charge in [0.1, 0.15) is 13.3 Å². The van der Waals surface area contributed by atoms with Crippen molar-refractivity contribution in [3.8, 4) is 0 Å². The molecular weight excluding hydrogens is 168 g/mol. The summed E-state index contributed by atoms with van der Waals surface area (Å²) in [5.41, 5.74) is 2.94. The average Bonchev–Trinajstić information content (AvgIpc) is 2.02. The number of rotatable bonds is 4. The Morgan fingerprint density at radius 2 is 1.92 bits per heavy atom. The van der Waals surface area contributed by atoms with Gasteiger partial charge in [0.2, 0.25) is 0 Å². The van der Waals surface area contributed by atoms with E-state index in [4.69, 9.17) is 5.73 Å². The number of carbonyl (C=O) groups is 1. The van der Waals surface area contributed by atoms with Crippen molar-refractivity contribution >= 4 is 5.97 Å². The van der Waals surface area contributed by atoms with Gasteiger partial charge in [-0.15, -0.1) is 0 Å². The molecule has 0 amide bonds. The molecule has 0 unspecified atom stereocenters. The quantitative estimate of drug-likeness (QED) is 0.645. The lowest BCUT2D eigenvalue weighted by Crippen LogP contribution is -2.53. The number of hydrogen-bond acceptors (Lipinski definition) is 3. The molecule has 0 heterocycles. The van der Waals surface area contributed by atoms with Crippen molar-refractivity contribution in [3.63, 3.8) is 0 Å². The lowest BCUT2D eigenvalue weighted by atomic mass is 10.1. The fourth-order valence-corrected chi connectivity index (χ4v) is 0.476. The molecule has 2 N–H and O–H groups in total. The van der Waals surface area contributed by atoms with Crippen LogP contribution in [-0.4, -0.2) is 31.0 Å². The molecular formula is C7H13F2NO2. The van der Waals surface area contributed by atoms with Gasteiger partial charge in [-0.3, -0.25) is 0 Å². The topological polar surface area (TPSA) is 52.3 Å². The van der Waals surface area contributed by atoms with E-state index < -0.39 is 31.0 Å². The van der Waals surface area contributed by atoms with E-state index in [1.807, 2.05) is 0 Å². The summed E-state index contributed by atoms with van der Waals surface area (Å²) in [5, 5.41) is 0. The SMILES string of the molecule is CC(C)OC(=O)C(N)(CF)CF. The van der Waals surface area contributed by atoms with E-state index in [2.05, 4.69) is 4.74 Å². The van der Waals surface area contributed by atoms with Crippen molar-refractivity contribution in [2.45, 2.75) is 25.5 Å². The maximum atomic E-state index is 12.1. The third-order valence-electron chi connectivity index (χ3n) is 1.23. The lowest BCUT2D eigenvalue weighted by Gasteiger charge is -2.21. The number of nitrogens with two attached hydrogens (primary N) is 1. The molecule has 5 heteroatoms. The summed E-state index contributed by atoms with van der Waals surface area (Å²) in [6.45, 7) is 0.647. The summed E-state index contributed by atoms with van der Waals surface area (Å²) in [6.07, 6.45) is -0.418. The molecule has 12 heavy (non-hydrogen) atoms. The third-order valence-corrected chi connectivity index (χ3v) is 1.23. The van der Waals surface area contributed by atoms with E-state index in [0.717, 1.165) is 0 Å². The number of ether oxygens (including phenoxy) is 1. The first-order valence-corrected chi connectivity index (χ1v) is 3.58. The average molecular weight is 181 g/mol. The van der Waals surface area contributed by atoms with Crippen molar-refractivity contribution in [2.24, 2.45) is 5.73 Å². The van der Waals surface area contributed by atoms with Crippen molar-refractivity contribution in [3.05, 3.63) is 0 Å². The first-order valence-electron chi connectivity index (χ1n) is 3.58. The van der Waals surface area contributed by atoms with E-state index in [1.165, 1.54) is 0 Å². The second-order valence-corrected chi connectivity index (χ2v) is 2.88. The molecule has 0 aliphatic carbocycles. The maximum Gasteiger partial charge on any atom is 0.331 e. The minimum atomic E-state index is -2.12. The predicted octanol–water partition coefficient (Wildman–Crippen LogP) is 0.574. The molecule has 0 aromatic carbocycles. The first-order chi connectivity index (χ1) is 5.46. The van der Waals surface area contributed by atoms with Crippen LogP contribution in [0.3, 0.4) is 0 Å². The molecule has 0 aromatic rings. The Morgan fingerprint density at radius 1 is 1.50 bits per heavy atom. The highest BCUT2D eigenvalue weighted by atomic mass is 19.1. The summed E-state index contributed by atoms with van der Waals surface area (Å²) in [4.78, 5) is 10.9. The van der Waals surface area contributed by atoms with Gasteiger partial charge < -0.3 is 10.5 Å². The molecule has 0 aliphatic heterocycles. The summed E-state index contributed by atoms with van der Waals surface area (Å²) < 4.78 is 28.7. The van der Waals surface area contributed by atoms with E-state index in [9.17, 15) is 13.6 Å². The Kier molecular flexibility index (Phi) is 4.09. The number of hydrogen-bond donors (Lipinski definition) is 1. The van der Waals surface area contributed by atoms with Crippen LogP contribution in [-0.2, 0) is 9.53 Å². The molecule has 0 atom stereocenters. The van der Waals surface area contributed by atoms with Gasteiger partial charge in [0.05, 0.1) is 6.10 Å². The number of esters is 1. The largest absolute Gasteiger partial charge is 0.461 e. The lowest BCUT2D eigenvalue weighted by molar-refractivity contribution is -0.155. The van der Waals surface area contributed by atoms with Crippen LogP contribution in [0.1, 0.15) is 13.8 Å². The highest BCUT2D eigenvalue weighted by Gasteiger charge is 2.36. The molecule has 0 rings (SSSR count). The van der Waals surface area contributed by atoms with Gasteiger partial charge in [-0.2, -0.15) is 0 Å². The van der Waals surface area contributed by atoms with Crippen LogP contribution in [0.4, 0.5) is 8.78 Å². The molecule has 3 nitrogen and oxygen atoms in total. The van der Waals surface area contributed by atoms with Gasteiger partial charge in [0.25, 0.3) is 0 Å². The Labute approximate surface area is 69.9 Å². The van der Waals surface area contributed by atoms with Crippen LogP contribution in [0.5, 0.6) is 0 Å². The summed E-state index contributed by atoms with van der Waals surface area (Å²) in [7, 11) is 0. The highest BCUT2D eigenvalue weighted by molar-refractivity contribution is 5.81. The summed E-state index contributed by atoms with van der Waals surface area (Å²) >= 11 is 0. The van der Waals surface area contributed by atoms with E-state index in [-0.39, 0.29) is 0 Å². The minimum absolute atomic E-state index is 0.418. The Hall–Kier alpha value is -0.710. The van der Waals surface area contributed by atoms with Crippen LogP contribution in [0.25, 0.3) is 0 Å². The Balaban J connectivity index is 4.22. The van der Waals surface area contributed by atoms with Crippen molar-refractivity contribution in [2.75, 3.05) is 13.3 Å². The molecule has 0 aliphatic rings. The van der Waals surface area contributed by atoms with Crippen LogP contribution in [0, 0.1) is 0 Å². The monoisotopic (exact) mass is 181 g/mol. The van der Waals surface area contributed by atoms with E-state index in [1.54, 1.807) is 13.8 Å². The van der Waals surface area contributed by atoms with Crippen molar-refractivity contribution in [1.29, 1.82) is 0 Å². The van der Waals surface area contributed by atoms with Crippen molar-refractivity contribution in [1.82, 2.24) is 0 Å². The molecule has 0 saturated heterocycles. The van der Waals surface area contributed by atoms with Gasteiger partial charge in [-0.05, 0) is 13.8 Å². The molecule has 72 valence electrons. The molecule has 0 bridgehead atoms. The van der Waals surface area contributed by atoms with E-state index in [0.29, 0.717) is 0 Å². The molecule has 0 saturated carbocycles. The molecule has 0 fully saturated rings. The van der Waals surface area contributed by atoms with Gasteiger partial charge in [0.15, 0.2) is 5.54 Å². The molecule has 0 radical (unpaired) electrons. The fraction of sp³-hybridized carbons (Fsp3) is 0.857. The fourth-order valence-electron chi connectivity index (χ4n) is 0.476. The van der Waals surface area contributed by atoms with Crippen LogP contribution >= 0.6 is 0 Å². The maximum absolute atomic E-state index is 12.1. The number of halogens is 2. The second kappa shape index (κ2) is 4.35. The van der Waals surface area contributed by atoms with Crippen LogP contribution in [0.2, 0.25) is 0 Å². The molecule has 0 spiro atoms. The third kappa shape index (κ3) is 2.73.